The van der Waals surface area contributed by atoms with Gasteiger partial charge >= 0.3 is 6.18 Å². The van der Waals surface area contributed by atoms with Gasteiger partial charge in [0, 0.05) is 6.42 Å². The Morgan fingerprint density at radius 2 is 1.92 bits per heavy atom. The summed E-state index contributed by atoms with van der Waals surface area (Å²) in [5.41, 5.74) is 0.536. The number of nitrogens with zero attached hydrogens (tertiary/aromatic N) is 2. The van der Waals surface area contributed by atoms with E-state index in [2.05, 4.69) is 15.0 Å². The van der Waals surface area contributed by atoms with Gasteiger partial charge in [0.2, 0.25) is 5.91 Å². The van der Waals surface area contributed by atoms with Crippen LogP contribution in [0.1, 0.15) is 12.0 Å². The predicted octanol–water partition coefficient (Wildman–Crippen LogP) is 2.78. The second-order valence-corrected chi connectivity index (χ2v) is 6.29. The van der Waals surface area contributed by atoms with E-state index in [0.717, 1.165) is 0 Å². The normalized spacial score (nSPS) is 13.9. The molecule has 2 heterocycles. The molecule has 0 radical (unpaired) electrons. The maximum Gasteiger partial charge on any atom is 0.422 e. The minimum atomic E-state index is -4.42. The number of carbonyl (C=O) groups excluding carboxylic acids is 1. The molecule has 0 fully saturated rings. The molecule has 1 N–H and O–H groups in total. The Balaban J connectivity index is 1.96. The summed E-state index contributed by atoms with van der Waals surface area (Å²) in [6, 6.07) is 5.70. The molecule has 0 atom stereocenters. The van der Waals surface area contributed by atoms with Crippen LogP contribution in [-0.4, -0.2) is 34.5 Å². The highest BCUT2D eigenvalue weighted by atomic mass is 32.2. The molecule has 1 aromatic heterocycles. The molecule has 10 heteroatoms. The highest BCUT2D eigenvalue weighted by Gasteiger charge is 2.28. The zero-order chi connectivity index (χ0) is 18.9. The Hall–Kier alpha value is -2.49. The lowest BCUT2D eigenvalue weighted by atomic mass is 10.1. The summed E-state index contributed by atoms with van der Waals surface area (Å²) < 4.78 is 42.7. The van der Waals surface area contributed by atoms with Gasteiger partial charge in [0.15, 0.2) is 11.8 Å². The van der Waals surface area contributed by atoms with E-state index in [-0.39, 0.29) is 35.9 Å². The van der Waals surface area contributed by atoms with Crippen molar-refractivity contribution in [2.45, 2.75) is 24.2 Å². The molecule has 3 rings (SSSR count). The Labute approximate surface area is 150 Å². The third-order valence-electron chi connectivity index (χ3n) is 3.69. The molecule has 1 aromatic carbocycles. The number of alkyl halides is 3. The van der Waals surface area contributed by atoms with Crippen molar-refractivity contribution < 1.29 is 22.7 Å². The molecule has 0 saturated heterocycles. The maximum atomic E-state index is 12.8. The van der Waals surface area contributed by atoms with Gasteiger partial charge in [-0.1, -0.05) is 11.8 Å². The van der Waals surface area contributed by atoms with E-state index in [0.29, 0.717) is 16.4 Å². The van der Waals surface area contributed by atoms with Gasteiger partial charge in [-0.15, -0.1) is 0 Å². The number of nitrogens with one attached hydrogen (secondary N) is 1. The fourth-order valence-corrected chi connectivity index (χ4v) is 3.07. The summed E-state index contributed by atoms with van der Waals surface area (Å²) in [5, 5.41) is 2.95. The lowest BCUT2D eigenvalue weighted by Gasteiger charge is -2.19. The van der Waals surface area contributed by atoms with Crippen LogP contribution in [0, 0.1) is 0 Å². The van der Waals surface area contributed by atoms with Gasteiger partial charge in [0.05, 0.1) is 11.3 Å². The minimum absolute atomic E-state index is 0.0445. The number of amides is 1. The van der Waals surface area contributed by atoms with Gasteiger partial charge < -0.3 is 10.1 Å². The summed E-state index contributed by atoms with van der Waals surface area (Å²) in [5.74, 6) is 0.111. The summed E-state index contributed by atoms with van der Waals surface area (Å²) in [4.78, 5) is 28.6. The third kappa shape index (κ3) is 3.85. The first-order valence-electron chi connectivity index (χ1n) is 7.58. The van der Waals surface area contributed by atoms with E-state index in [9.17, 15) is 22.8 Å². The molecule has 26 heavy (non-hydrogen) atoms. The summed E-state index contributed by atoms with van der Waals surface area (Å²) in [6.45, 7) is -1.39. The number of hydrogen-bond acceptors (Lipinski definition) is 5. The second kappa shape index (κ2) is 7.02. The van der Waals surface area contributed by atoms with E-state index in [1.165, 1.54) is 40.6 Å². The number of fused-ring (bicyclic) bond motifs is 1. The molecule has 1 aliphatic heterocycles. The Morgan fingerprint density at radius 1 is 1.23 bits per heavy atom. The maximum absolute atomic E-state index is 12.8. The molecule has 2 aromatic rings. The van der Waals surface area contributed by atoms with Crippen molar-refractivity contribution in [3.05, 3.63) is 40.2 Å². The molecule has 0 saturated carbocycles. The number of ether oxygens (including phenoxy) is 1. The molecule has 1 aliphatic rings. The van der Waals surface area contributed by atoms with Crippen molar-refractivity contribution in [2.24, 2.45) is 0 Å². The quantitative estimate of drug-likeness (QED) is 0.647. The molecule has 0 bridgehead atoms. The van der Waals surface area contributed by atoms with E-state index in [4.69, 9.17) is 0 Å². The number of carbonyl (C=O) groups is 1. The SMILES string of the molecule is CSc1nc2c(c(=O)n1-c1ccc(OCC(F)(F)F)cc1)CCC(=O)N2. The first kappa shape index (κ1) is 18.3. The third-order valence-corrected chi connectivity index (χ3v) is 4.32. The number of hydrogen-bond donors (Lipinski definition) is 1. The van der Waals surface area contributed by atoms with Crippen molar-refractivity contribution in [2.75, 3.05) is 18.2 Å². The van der Waals surface area contributed by atoms with Gasteiger partial charge in [-0.3, -0.25) is 14.2 Å². The van der Waals surface area contributed by atoms with Gasteiger partial charge in [-0.25, -0.2) is 4.98 Å². The molecule has 1 amide bonds. The van der Waals surface area contributed by atoms with Crippen molar-refractivity contribution in [3.63, 3.8) is 0 Å². The molecular formula is C16H14F3N3O3S. The van der Waals surface area contributed by atoms with Gasteiger partial charge in [-0.05, 0) is 36.9 Å². The molecule has 6 nitrogen and oxygen atoms in total. The van der Waals surface area contributed by atoms with Crippen molar-refractivity contribution in [1.82, 2.24) is 9.55 Å². The number of halogens is 3. The van der Waals surface area contributed by atoms with Gasteiger partial charge in [-0.2, -0.15) is 13.2 Å². The number of aromatic nitrogens is 2. The molecule has 0 unspecified atom stereocenters. The number of thioether (sulfide) groups is 1. The lowest BCUT2D eigenvalue weighted by Crippen LogP contribution is -2.32. The monoisotopic (exact) mass is 385 g/mol. The van der Waals surface area contributed by atoms with E-state index >= 15 is 0 Å². The minimum Gasteiger partial charge on any atom is -0.484 e. The average molecular weight is 385 g/mol. The van der Waals surface area contributed by atoms with Crippen LogP contribution in [0.4, 0.5) is 19.0 Å². The van der Waals surface area contributed by atoms with Crippen LogP contribution in [0.15, 0.2) is 34.2 Å². The van der Waals surface area contributed by atoms with E-state index < -0.39 is 12.8 Å². The number of benzene rings is 1. The zero-order valence-electron chi connectivity index (χ0n) is 13.6. The fraction of sp³-hybridized carbons (Fsp3) is 0.312. The molecule has 0 aliphatic carbocycles. The van der Waals surface area contributed by atoms with Crippen molar-refractivity contribution >= 4 is 23.5 Å². The van der Waals surface area contributed by atoms with Crippen LogP contribution < -0.4 is 15.6 Å². The standard InChI is InChI=1S/C16H14F3N3O3S/c1-26-15-21-13-11(6-7-12(23)20-13)14(24)22(15)9-2-4-10(5-3-9)25-8-16(17,18)19/h2-5H,6-8H2,1H3,(H,20,23). The number of anilines is 1. The van der Waals surface area contributed by atoms with E-state index in [1.807, 2.05) is 0 Å². The van der Waals surface area contributed by atoms with Crippen LogP contribution in [0.3, 0.4) is 0 Å². The van der Waals surface area contributed by atoms with Crippen LogP contribution in [0.25, 0.3) is 5.69 Å². The highest BCUT2D eigenvalue weighted by Crippen LogP contribution is 2.25. The summed E-state index contributed by atoms with van der Waals surface area (Å²) >= 11 is 1.22. The highest BCUT2D eigenvalue weighted by molar-refractivity contribution is 7.98. The van der Waals surface area contributed by atoms with Crippen LogP contribution in [0.2, 0.25) is 0 Å². The van der Waals surface area contributed by atoms with Crippen LogP contribution in [-0.2, 0) is 11.2 Å². The lowest BCUT2D eigenvalue weighted by molar-refractivity contribution is -0.153. The largest absolute Gasteiger partial charge is 0.484 e. The summed E-state index contributed by atoms with van der Waals surface area (Å²) in [7, 11) is 0. The smallest absolute Gasteiger partial charge is 0.422 e. The fourth-order valence-electron chi connectivity index (χ4n) is 2.52. The molecule has 0 spiro atoms. The molecular weight excluding hydrogens is 371 g/mol. The first-order valence-corrected chi connectivity index (χ1v) is 8.81. The second-order valence-electron chi connectivity index (χ2n) is 5.51. The Kier molecular flexibility index (Phi) is 4.94. The van der Waals surface area contributed by atoms with E-state index in [1.54, 1.807) is 6.26 Å². The van der Waals surface area contributed by atoms with Crippen molar-refractivity contribution in [1.29, 1.82) is 0 Å². The predicted molar refractivity (Wildman–Crippen MR) is 90.1 cm³/mol. The van der Waals surface area contributed by atoms with Gasteiger partial charge in [0.1, 0.15) is 11.6 Å². The number of rotatable bonds is 4. The Bertz CT molecular complexity index is 895. The Morgan fingerprint density at radius 3 is 2.54 bits per heavy atom. The van der Waals surface area contributed by atoms with Crippen LogP contribution in [0.5, 0.6) is 5.75 Å². The molecule has 138 valence electrons. The van der Waals surface area contributed by atoms with Gasteiger partial charge in [0.25, 0.3) is 5.56 Å². The first-order chi connectivity index (χ1) is 12.3. The topological polar surface area (TPSA) is 73.2 Å². The average Bonchev–Trinajstić information content (AvgIpc) is 2.59. The zero-order valence-corrected chi connectivity index (χ0v) is 14.4. The van der Waals surface area contributed by atoms with Crippen LogP contribution >= 0.6 is 11.8 Å². The summed E-state index contributed by atoms with van der Waals surface area (Å²) in [6.07, 6.45) is -2.20. The van der Waals surface area contributed by atoms with Crippen molar-refractivity contribution in [3.8, 4) is 11.4 Å².